The minimum Gasteiger partial charge on any atom is -0.493 e. The van der Waals surface area contributed by atoms with Crippen molar-refractivity contribution < 1.29 is 9.47 Å². The van der Waals surface area contributed by atoms with E-state index in [-0.39, 0.29) is 0 Å². The molecule has 0 amide bonds. The molecule has 158 valence electrons. The predicted molar refractivity (Wildman–Crippen MR) is 121 cm³/mol. The normalized spacial score (nSPS) is 16.4. The van der Waals surface area contributed by atoms with Gasteiger partial charge < -0.3 is 9.47 Å². The van der Waals surface area contributed by atoms with Crippen LogP contribution in [0.1, 0.15) is 68.2 Å². The Hall–Kier alpha value is -2.00. The molecule has 0 saturated heterocycles. The Morgan fingerprint density at radius 2 is 1.59 bits per heavy atom. The van der Waals surface area contributed by atoms with Gasteiger partial charge in [0.1, 0.15) is 0 Å². The van der Waals surface area contributed by atoms with Crippen LogP contribution in [0.3, 0.4) is 0 Å². The van der Waals surface area contributed by atoms with E-state index in [4.69, 9.17) is 9.47 Å². The summed E-state index contributed by atoms with van der Waals surface area (Å²) in [6.07, 6.45) is 10.2. The van der Waals surface area contributed by atoms with Crippen LogP contribution in [0.5, 0.6) is 11.5 Å². The van der Waals surface area contributed by atoms with Gasteiger partial charge in [0.05, 0.1) is 14.2 Å². The molecule has 0 saturated carbocycles. The molecule has 1 atom stereocenters. The van der Waals surface area contributed by atoms with Gasteiger partial charge in [-0.15, -0.1) is 0 Å². The molecule has 0 aromatic heterocycles. The largest absolute Gasteiger partial charge is 0.493 e. The second-order valence-corrected chi connectivity index (χ2v) is 8.17. The van der Waals surface area contributed by atoms with Gasteiger partial charge in [-0.25, -0.2) is 0 Å². The lowest BCUT2D eigenvalue weighted by Crippen LogP contribution is -2.37. The van der Waals surface area contributed by atoms with Gasteiger partial charge in [-0.1, -0.05) is 69.4 Å². The van der Waals surface area contributed by atoms with Crippen LogP contribution >= 0.6 is 0 Å². The highest BCUT2D eigenvalue weighted by atomic mass is 16.5. The number of rotatable bonds is 11. The molecule has 0 N–H and O–H groups in total. The van der Waals surface area contributed by atoms with Crippen LogP contribution in [0.25, 0.3) is 0 Å². The average Bonchev–Trinajstić information content (AvgIpc) is 2.77. The van der Waals surface area contributed by atoms with E-state index in [1.807, 2.05) is 0 Å². The maximum atomic E-state index is 5.63. The van der Waals surface area contributed by atoms with Crippen LogP contribution in [0.15, 0.2) is 42.5 Å². The number of hydrogen-bond acceptors (Lipinski definition) is 3. The van der Waals surface area contributed by atoms with Gasteiger partial charge in [0.15, 0.2) is 11.5 Å². The van der Waals surface area contributed by atoms with E-state index in [0.717, 1.165) is 30.9 Å². The molecule has 0 fully saturated rings. The van der Waals surface area contributed by atoms with E-state index in [2.05, 4.69) is 54.3 Å². The standard InChI is InChI=1S/C26H37NO2/c1-4-5-6-7-8-12-16-27-17-15-22-19-25(28-2)26(29-3)20-23(22)24(27)18-21-13-10-9-11-14-21/h9-11,13-14,19-20,24H,4-8,12,15-18H2,1-3H3. The van der Waals surface area contributed by atoms with Crippen molar-refractivity contribution in [3.8, 4) is 11.5 Å². The monoisotopic (exact) mass is 395 g/mol. The zero-order valence-corrected chi connectivity index (χ0v) is 18.5. The third-order valence-corrected chi connectivity index (χ3v) is 6.18. The minimum atomic E-state index is 0.400. The van der Waals surface area contributed by atoms with Gasteiger partial charge in [-0.3, -0.25) is 4.90 Å². The highest BCUT2D eigenvalue weighted by Gasteiger charge is 2.29. The first-order valence-electron chi connectivity index (χ1n) is 11.3. The van der Waals surface area contributed by atoms with Crippen molar-refractivity contribution in [2.45, 2.75) is 64.3 Å². The number of unbranched alkanes of at least 4 members (excludes halogenated alkanes) is 5. The van der Waals surface area contributed by atoms with Crippen LogP contribution in [0.2, 0.25) is 0 Å². The van der Waals surface area contributed by atoms with E-state index in [0.29, 0.717) is 6.04 Å². The lowest BCUT2D eigenvalue weighted by molar-refractivity contribution is 0.179. The van der Waals surface area contributed by atoms with Gasteiger partial charge in [-0.2, -0.15) is 0 Å². The van der Waals surface area contributed by atoms with Gasteiger partial charge in [-0.05, 0) is 54.6 Å². The Bertz CT molecular complexity index is 744. The summed E-state index contributed by atoms with van der Waals surface area (Å²) < 4.78 is 11.2. The van der Waals surface area contributed by atoms with Crippen molar-refractivity contribution in [3.63, 3.8) is 0 Å². The Balaban J connectivity index is 1.78. The molecule has 1 heterocycles. The highest BCUT2D eigenvalue weighted by Crippen LogP contribution is 2.39. The van der Waals surface area contributed by atoms with E-state index in [1.165, 1.54) is 61.8 Å². The van der Waals surface area contributed by atoms with E-state index in [1.54, 1.807) is 14.2 Å². The number of fused-ring (bicyclic) bond motifs is 1. The molecule has 3 rings (SSSR count). The first-order valence-corrected chi connectivity index (χ1v) is 11.3. The molecular weight excluding hydrogens is 358 g/mol. The topological polar surface area (TPSA) is 21.7 Å². The second kappa shape index (κ2) is 11.3. The van der Waals surface area contributed by atoms with Crippen LogP contribution in [-0.2, 0) is 12.8 Å². The average molecular weight is 396 g/mol. The summed E-state index contributed by atoms with van der Waals surface area (Å²) in [6, 6.07) is 15.7. The zero-order chi connectivity index (χ0) is 20.5. The molecule has 0 radical (unpaired) electrons. The Labute approximate surface area is 177 Å². The summed E-state index contributed by atoms with van der Waals surface area (Å²) >= 11 is 0. The fraction of sp³-hybridized carbons (Fsp3) is 0.538. The van der Waals surface area contributed by atoms with E-state index >= 15 is 0 Å². The van der Waals surface area contributed by atoms with Crippen LogP contribution < -0.4 is 9.47 Å². The summed E-state index contributed by atoms with van der Waals surface area (Å²) in [6.45, 7) is 4.58. The molecule has 0 spiro atoms. The summed E-state index contributed by atoms with van der Waals surface area (Å²) in [5, 5.41) is 0. The highest BCUT2D eigenvalue weighted by molar-refractivity contribution is 5.49. The van der Waals surface area contributed by atoms with Crippen molar-refractivity contribution in [2.24, 2.45) is 0 Å². The van der Waals surface area contributed by atoms with Crippen LogP contribution in [-0.4, -0.2) is 32.2 Å². The molecule has 0 bridgehead atoms. The number of methoxy groups -OCH3 is 2. The van der Waals surface area contributed by atoms with Crippen molar-refractivity contribution in [3.05, 3.63) is 59.2 Å². The van der Waals surface area contributed by atoms with Gasteiger partial charge in [0.25, 0.3) is 0 Å². The number of nitrogens with zero attached hydrogens (tertiary/aromatic N) is 1. The smallest absolute Gasteiger partial charge is 0.161 e. The predicted octanol–water partition coefficient (Wildman–Crippen LogP) is 6.21. The van der Waals surface area contributed by atoms with Crippen LogP contribution in [0.4, 0.5) is 0 Å². The Morgan fingerprint density at radius 3 is 2.31 bits per heavy atom. The molecule has 2 aromatic rings. The molecule has 2 aromatic carbocycles. The molecule has 0 aliphatic carbocycles. The second-order valence-electron chi connectivity index (χ2n) is 8.17. The van der Waals surface area contributed by atoms with E-state index < -0.39 is 0 Å². The third-order valence-electron chi connectivity index (χ3n) is 6.18. The van der Waals surface area contributed by atoms with E-state index in [9.17, 15) is 0 Å². The molecule has 1 aliphatic heterocycles. The van der Waals surface area contributed by atoms with Crippen molar-refractivity contribution in [2.75, 3.05) is 27.3 Å². The Morgan fingerprint density at radius 1 is 0.897 bits per heavy atom. The third kappa shape index (κ3) is 5.76. The summed E-state index contributed by atoms with van der Waals surface area (Å²) in [5.74, 6) is 1.68. The van der Waals surface area contributed by atoms with Gasteiger partial charge >= 0.3 is 0 Å². The SMILES string of the molecule is CCCCCCCCN1CCc2cc(OC)c(OC)cc2C1Cc1ccccc1. The molecule has 1 unspecified atom stereocenters. The summed E-state index contributed by atoms with van der Waals surface area (Å²) in [7, 11) is 3.45. The molecule has 3 heteroatoms. The first-order chi connectivity index (χ1) is 14.3. The first kappa shape index (κ1) is 21.7. The molecular formula is C26H37NO2. The number of ether oxygens (including phenoxy) is 2. The van der Waals surface area contributed by atoms with Crippen molar-refractivity contribution >= 4 is 0 Å². The van der Waals surface area contributed by atoms with Crippen molar-refractivity contribution in [1.82, 2.24) is 4.90 Å². The quantitative estimate of drug-likeness (QED) is 0.422. The van der Waals surface area contributed by atoms with Crippen molar-refractivity contribution in [1.29, 1.82) is 0 Å². The minimum absolute atomic E-state index is 0.400. The lowest BCUT2D eigenvalue weighted by atomic mass is 9.88. The fourth-order valence-electron chi connectivity index (χ4n) is 4.52. The molecule has 1 aliphatic rings. The lowest BCUT2D eigenvalue weighted by Gasteiger charge is -2.38. The summed E-state index contributed by atoms with van der Waals surface area (Å²) in [4.78, 5) is 2.70. The fourth-order valence-corrected chi connectivity index (χ4v) is 4.52. The van der Waals surface area contributed by atoms with Crippen LogP contribution in [0, 0.1) is 0 Å². The zero-order valence-electron chi connectivity index (χ0n) is 18.5. The molecule has 29 heavy (non-hydrogen) atoms. The molecule has 3 nitrogen and oxygen atoms in total. The maximum Gasteiger partial charge on any atom is 0.161 e. The van der Waals surface area contributed by atoms with Gasteiger partial charge in [0, 0.05) is 12.6 Å². The Kier molecular flexibility index (Phi) is 8.42. The maximum absolute atomic E-state index is 5.63. The summed E-state index contributed by atoms with van der Waals surface area (Å²) in [5.41, 5.74) is 4.21. The number of hydrogen-bond donors (Lipinski definition) is 0. The van der Waals surface area contributed by atoms with Gasteiger partial charge in [0.2, 0.25) is 0 Å². The number of benzene rings is 2.